The zero-order valence-corrected chi connectivity index (χ0v) is 18.4. The number of esters is 1. The number of allylic oxidation sites excluding steroid dienone is 2. The summed E-state index contributed by atoms with van der Waals surface area (Å²) in [5.41, 5.74) is 1.25. The summed E-state index contributed by atoms with van der Waals surface area (Å²) in [7, 11) is 0. The van der Waals surface area contributed by atoms with Crippen LogP contribution in [0.25, 0.3) is 0 Å². The van der Waals surface area contributed by atoms with Crippen LogP contribution in [0.3, 0.4) is 0 Å². The number of hydrogen-bond donors (Lipinski definition) is 1. The number of aliphatic carboxylic acids is 1. The molecule has 4 aliphatic carbocycles. The topological polar surface area (TPSA) is 63.6 Å². The van der Waals surface area contributed by atoms with Gasteiger partial charge in [-0.25, -0.2) is 4.79 Å². The summed E-state index contributed by atoms with van der Waals surface area (Å²) in [6.45, 7) is 12.1. The van der Waals surface area contributed by atoms with Crippen molar-refractivity contribution in [3.05, 3.63) is 23.8 Å². The van der Waals surface area contributed by atoms with Gasteiger partial charge < -0.3 is 9.84 Å². The second-order valence-corrected chi connectivity index (χ2v) is 10.8. The van der Waals surface area contributed by atoms with E-state index in [1.165, 1.54) is 24.8 Å². The molecule has 4 nitrogen and oxygen atoms in total. The summed E-state index contributed by atoms with van der Waals surface area (Å²) in [6.07, 6.45) is 9.51. The van der Waals surface area contributed by atoms with Crippen molar-refractivity contribution in [2.24, 2.45) is 34.0 Å². The van der Waals surface area contributed by atoms with Gasteiger partial charge >= 0.3 is 11.9 Å². The van der Waals surface area contributed by atoms with Crippen LogP contribution in [-0.2, 0) is 14.3 Å². The Morgan fingerprint density at radius 2 is 1.86 bits per heavy atom. The lowest BCUT2D eigenvalue weighted by Gasteiger charge is -2.64. The van der Waals surface area contributed by atoms with E-state index in [2.05, 4.69) is 13.5 Å². The number of carboxylic acids is 1. The number of hydrogen-bond acceptors (Lipinski definition) is 3. The van der Waals surface area contributed by atoms with Gasteiger partial charge in [0.2, 0.25) is 0 Å². The number of carbonyl (C=O) groups is 2. The zero-order chi connectivity index (χ0) is 21.2. The molecule has 4 heteroatoms. The molecular weight excluding hydrogens is 364 g/mol. The fourth-order valence-electron chi connectivity index (χ4n) is 8.06. The van der Waals surface area contributed by atoms with Crippen molar-refractivity contribution in [2.75, 3.05) is 0 Å². The molecule has 0 aliphatic heterocycles. The van der Waals surface area contributed by atoms with E-state index in [4.69, 9.17) is 4.74 Å². The van der Waals surface area contributed by atoms with Crippen LogP contribution in [0.5, 0.6) is 0 Å². The van der Waals surface area contributed by atoms with Crippen molar-refractivity contribution in [1.29, 1.82) is 0 Å². The average molecular weight is 401 g/mol. The summed E-state index contributed by atoms with van der Waals surface area (Å²) < 4.78 is 5.83. The molecule has 0 saturated heterocycles. The summed E-state index contributed by atoms with van der Waals surface area (Å²) in [6, 6.07) is 0. The Labute approximate surface area is 174 Å². The maximum Gasteiger partial charge on any atom is 0.333 e. The molecule has 0 radical (unpaired) electrons. The van der Waals surface area contributed by atoms with E-state index < -0.39 is 17.5 Å². The molecule has 7 atom stereocenters. The molecule has 4 aliphatic rings. The van der Waals surface area contributed by atoms with E-state index in [0.717, 1.165) is 25.7 Å². The van der Waals surface area contributed by atoms with E-state index in [9.17, 15) is 14.7 Å². The minimum absolute atomic E-state index is 0.0144. The lowest BCUT2D eigenvalue weighted by atomic mass is 9.40. The van der Waals surface area contributed by atoms with Crippen LogP contribution in [0, 0.1) is 34.0 Å². The molecule has 4 fully saturated rings. The highest BCUT2D eigenvalue weighted by atomic mass is 16.5. The Kier molecular flexibility index (Phi) is 4.79. The molecule has 160 valence electrons. The summed E-state index contributed by atoms with van der Waals surface area (Å²) in [4.78, 5) is 25.1. The third-order valence-electron chi connectivity index (χ3n) is 9.68. The minimum Gasteiger partial charge on any atom is -0.481 e. The Hall–Kier alpha value is -1.58. The molecule has 0 aromatic heterocycles. The first-order chi connectivity index (χ1) is 13.6. The average Bonchev–Trinajstić information content (AvgIpc) is 2.91. The predicted octanol–water partition coefficient (Wildman–Crippen LogP) is 5.53. The van der Waals surface area contributed by atoms with Crippen LogP contribution in [0.2, 0.25) is 0 Å². The molecule has 1 N–H and O–H groups in total. The van der Waals surface area contributed by atoms with Crippen molar-refractivity contribution in [3.63, 3.8) is 0 Å². The first-order valence-corrected chi connectivity index (χ1v) is 11.3. The Morgan fingerprint density at radius 1 is 1.14 bits per heavy atom. The third kappa shape index (κ3) is 2.77. The number of rotatable bonds is 3. The Morgan fingerprint density at radius 3 is 2.52 bits per heavy atom. The smallest absolute Gasteiger partial charge is 0.333 e. The van der Waals surface area contributed by atoms with E-state index in [-0.39, 0.29) is 17.3 Å². The van der Waals surface area contributed by atoms with Crippen molar-refractivity contribution >= 4 is 11.9 Å². The molecule has 29 heavy (non-hydrogen) atoms. The minimum atomic E-state index is -1.04. The molecule has 4 saturated carbocycles. The van der Waals surface area contributed by atoms with Gasteiger partial charge in [-0.3, -0.25) is 4.79 Å². The summed E-state index contributed by atoms with van der Waals surface area (Å²) in [5, 5.41) is 10.4. The normalized spacial score (nSPS) is 46.6. The van der Waals surface area contributed by atoms with Gasteiger partial charge in [0, 0.05) is 5.57 Å². The lowest BCUT2D eigenvalue weighted by Crippen LogP contribution is -2.63. The number of carboxylic acid groups (broad SMARTS) is 1. The van der Waals surface area contributed by atoms with Crippen molar-refractivity contribution in [3.8, 4) is 0 Å². The van der Waals surface area contributed by atoms with Crippen molar-refractivity contribution in [2.45, 2.75) is 85.2 Å². The van der Waals surface area contributed by atoms with Gasteiger partial charge in [-0.1, -0.05) is 25.2 Å². The molecule has 2 bridgehead atoms. The first kappa shape index (κ1) is 20.7. The van der Waals surface area contributed by atoms with Gasteiger partial charge in [-0.15, -0.1) is 0 Å². The second-order valence-electron chi connectivity index (χ2n) is 10.8. The summed E-state index contributed by atoms with van der Waals surface area (Å²) in [5.74, 6) is 0.0690. The molecular formula is C25H36O4. The third-order valence-corrected chi connectivity index (χ3v) is 9.68. The fraction of sp³-hybridized carbons (Fsp3) is 0.760. The van der Waals surface area contributed by atoms with Crippen LogP contribution < -0.4 is 0 Å². The van der Waals surface area contributed by atoms with Crippen LogP contribution in [0.4, 0.5) is 0 Å². The van der Waals surface area contributed by atoms with E-state index >= 15 is 0 Å². The van der Waals surface area contributed by atoms with Gasteiger partial charge in [-0.05, 0) is 101 Å². The van der Waals surface area contributed by atoms with Crippen LogP contribution >= 0.6 is 0 Å². The highest BCUT2D eigenvalue weighted by molar-refractivity contribution is 5.88. The van der Waals surface area contributed by atoms with Gasteiger partial charge in [0.1, 0.15) is 11.5 Å². The van der Waals surface area contributed by atoms with Crippen LogP contribution in [-0.4, -0.2) is 23.1 Å². The fourth-order valence-corrected chi connectivity index (χ4v) is 8.06. The van der Waals surface area contributed by atoms with E-state index in [1.54, 1.807) is 19.9 Å². The molecule has 0 aromatic carbocycles. The van der Waals surface area contributed by atoms with Crippen molar-refractivity contribution in [1.82, 2.24) is 0 Å². The summed E-state index contributed by atoms with van der Waals surface area (Å²) >= 11 is 0. The largest absolute Gasteiger partial charge is 0.481 e. The molecule has 4 rings (SSSR count). The molecule has 0 amide bonds. The number of carbonyl (C=O) groups excluding carboxylic acids is 1. The molecule has 0 heterocycles. The standard InChI is InChI=1S/C25H36O4/c1-6-15(2)21(26)29-20-10-11-23(4)18(24(20,5)22(27)28)9-12-25-13-16(3)17(14-25)7-8-19(23)25/h6,17-20H,3,7-14H2,1-2,4-5H3,(H,27,28)/b15-6-/t17-,18-,19+,20-,23-,24+,25-/m1/s1. The first-order valence-electron chi connectivity index (χ1n) is 11.3. The highest BCUT2D eigenvalue weighted by Gasteiger charge is 2.67. The second kappa shape index (κ2) is 6.72. The van der Waals surface area contributed by atoms with Gasteiger partial charge in [0.15, 0.2) is 0 Å². The molecule has 0 unspecified atom stereocenters. The highest BCUT2D eigenvalue weighted by Crippen LogP contribution is 2.72. The lowest BCUT2D eigenvalue weighted by molar-refractivity contribution is -0.211. The van der Waals surface area contributed by atoms with Gasteiger partial charge in [-0.2, -0.15) is 0 Å². The number of ether oxygens (including phenoxy) is 1. The maximum absolute atomic E-state index is 12.7. The van der Waals surface area contributed by atoms with Gasteiger partial charge in [0.05, 0.1) is 0 Å². The predicted molar refractivity (Wildman–Crippen MR) is 112 cm³/mol. The van der Waals surface area contributed by atoms with Gasteiger partial charge in [0.25, 0.3) is 0 Å². The number of fused-ring (bicyclic) bond motifs is 3. The molecule has 0 aromatic rings. The molecule has 1 spiro atoms. The Balaban J connectivity index is 1.68. The van der Waals surface area contributed by atoms with Crippen LogP contribution in [0.15, 0.2) is 23.8 Å². The maximum atomic E-state index is 12.7. The van der Waals surface area contributed by atoms with Crippen LogP contribution in [0.1, 0.15) is 79.1 Å². The Bertz CT molecular complexity index is 782. The zero-order valence-electron chi connectivity index (χ0n) is 18.4. The quantitative estimate of drug-likeness (QED) is 0.384. The SMILES string of the molecule is C=C1C[C@@]23CC[C@@H]4[C@@](C)(CC[C@@H](OC(=O)/C(C)=C\C)[C@@]4(C)C(=O)O)[C@@H]2CC[C@@H]1C3. The monoisotopic (exact) mass is 400 g/mol. The van der Waals surface area contributed by atoms with Crippen molar-refractivity contribution < 1.29 is 19.4 Å². The van der Waals surface area contributed by atoms with E-state index in [0.29, 0.717) is 29.2 Å². The van der Waals surface area contributed by atoms with E-state index in [1.807, 2.05) is 6.92 Å².